The summed E-state index contributed by atoms with van der Waals surface area (Å²) >= 11 is 6.13. The van der Waals surface area contributed by atoms with Gasteiger partial charge < -0.3 is 9.47 Å². The van der Waals surface area contributed by atoms with Gasteiger partial charge in [0.15, 0.2) is 0 Å². The Morgan fingerprint density at radius 2 is 2.14 bits per heavy atom. The Kier molecular flexibility index (Phi) is 4.01. The normalized spacial score (nSPS) is 18.0. The van der Waals surface area contributed by atoms with Crippen molar-refractivity contribution in [2.24, 2.45) is 5.84 Å². The standard InChI is InChI=1S/C16H17ClN2O2/c1-20-14-7-6-10(17)8-12(14)16(19-18)13-9-21-15-5-3-2-4-11(13)15/h2-8,13,16,19H,9,18H2,1H3. The van der Waals surface area contributed by atoms with Crippen molar-refractivity contribution in [1.29, 1.82) is 0 Å². The molecule has 0 saturated carbocycles. The Bertz CT molecular complexity index is 648. The quantitative estimate of drug-likeness (QED) is 0.673. The number of hydrazine groups is 1. The third-order valence-electron chi connectivity index (χ3n) is 3.85. The Morgan fingerprint density at radius 3 is 2.90 bits per heavy atom. The maximum Gasteiger partial charge on any atom is 0.123 e. The van der Waals surface area contributed by atoms with E-state index >= 15 is 0 Å². The molecule has 2 aromatic rings. The Hall–Kier alpha value is -1.75. The van der Waals surface area contributed by atoms with Gasteiger partial charge in [-0.15, -0.1) is 0 Å². The van der Waals surface area contributed by atoms with E-state index in [-0.39, 0.29) is 12.0 Å². The lowest BCUT2D eigenvalue weighted by molar-refractivity contribution is 0.296. The van der Waals surface area contributed by atoms with Crippen LogP contribution in [0.2, 0.25) is 5.02 Å². The highest BCUT2D eigenvalue weighted by atomic mass is 35.5. The van der Waals surface area contributed by atoms with Gasteiger partial charge in [-0.3, -0.25) is 11.3 Å². The third-order valence-corrected chi connectivity index (χ3v) is 4.08. The second-order valence-electron chi connectivity index (χ2n) is 4.99. The Balaban J connectivity index is 2.02. The Labute approximate surface area is 128 Å². The minimum absolute atomic E-state index is 0.110. The number of hydrogen-bond donors (Lipinski definition) is 2. The number of benzene rings is 2. The van der Waals surface area contributed by atoms with Crippen LogP contribution in [0.25, 0.3) is 0 Å². The zero-order chi connectivity index (χ0) is 14.8. The Morgan fingerprint density at radius 1 is 1.33 bits per heavy atom. The molecule has 1 heterocycles. The predicted octanol–water partition coefficient (Wildman–Crippen LogP) is 3.03. The van der Waals surface area contributed by atoms with Crippen LogP contribution in [0.1, 0.15) is 23.1 Å². The van der Waals surface area contributed by atoms with E-state index in [4.69, 9.17) is 26.9 Å². The summed E-state index contributed by atoms with van der Waals surface area (Å²) in [5.74, 6) is 7.58. The van der Waals surface area contributed by atoms with E-state index in [1.165, 1.54) is 0 Å². The number of halogens is 1. The highest BCUT2D eigenvalue weighted by Gasteiger charge is 2.33. The molecule has 2 unspecified atom stereocenters. The fourth-order valence-corrected chi connectivity index (χ4v) is 3.01. The van der Waals surface area contributed by atoms with E-state index in [1.54, 1.807) is 13.2 Å². The number of para-hydroxylation sites is 1. The zero-order valence-electron chi connectivity index (χ0n) is 11.7. The number of fused-ring (bicyclic) bond motifs is 1. The summed E-state index contributed by atoms with van der Waals surface area (Å²) < 4.78 is 11.2. The van der Waals surface area contributed by atoms with Gasteiger partial charge in [-0.1, -0.05) is 29.8 Å². The summed E-state index contributed by atoms with van der Waals surface area (Å²) in [6.45, 7) is 0.573. The van der Waals surface area contributed by atoms with Crippen molar-refractivity contribution in [1.82, 2.24) is 5.43 Å². The van der Waals surface area contributed by atoms with E-state index in [0.29, 0.717) is 11.6 Å². The molecule has 110 valence electrons. The highest BCUT2D eigenvalue weighted by molar-refractivity contribution is 6.30. The molecule has 0 aromatic heterocycles. The van der Waals surface area contributed by atoms with E-state index in [0.717, 1.165) is 22.6 Å². The SMILES string of the molecule is COc1ccc(Cl)cc1C(NN)C1COc2ccccc21. The molecule has 5 heteroatoms. The maximum atomic E-state index is 6.13. The third kappa shape index (κ3) is 2.58. The van der Waals surface area contributed by atoms with Crippen LogP contribution in [0.3, 0.4) is 0 Å². The van der Waals surface area contributed by atoms with Gasteiger partial charge in [-0.05, 0) is 24.3 Å². The van der Waals surface area contributed by atoms with Gasteiger partial charge in [0.05, 0.1) is 19.8 Å². The molecule has 0 radical (unpaired) electrons. The van der Waals surface area contributed by atoms with E-state index in [2.05, 4.69) is 11.5 Å². The molecular formula is C16H17ClN2O2. The first kappa shape index (κ1) is 14.2. The molecule has 0 bridgehead atoms. The summed E-state index contributed by atoms with van der Waals surface area (Å²) in [5.41, 5.74) is 4.95. The van der Waals surface area contributed by atoms with Crippen LogP contribution in [0.5, 0.6) is 11.5 Å². The van der Waals surface area contributed by atoms with Crippen molar-refractivity contribution >= 4 is 11.6 Å². The molecule has 3 N–H and O–H groups in total. The molecular weight excluding hydrogens is 288 g/mol. The van der Waals surface area contributed by atoms with Gasteiger partial charge in [-0.25, -0.2) is 0 Å². The first-order valence-corrected chi connectivity index (χ1v) is 7.13. The number of rotatable bonds is 4. The topological polar surface area (TPSA) is 56.5 Å². The van der Waals surface area contributed by atoms with Crippen LogP contribution < -0.4 is 20.7 Å². The molecule has 0 aliphatic carbocycles. The van der Waals surface area contributed by atoms with Gasteiger partial charge in [-0.2, -0.15) is 0 Å². The summed E-state index contributed by atoms with van der Waals surface area (Å²) in [5, 5.41) is 0.651. The van der Waals surface area contributed by atoms with E-state index in [9.17, 15) is 0 Å². The molecule has 2 aromatic carbocycles. The number of methoxy groups -OCH3 is 1. The average Bonchev–Trinajstić information content (AvgIpc) is 2.93. The summed E-state index contributed by atoms with van der Waals surface area (Å²) in [7, 11) is 1.64. The largest absolute Gasteiger partial charge is 0.496 e. The van der Waals surface area contributed by atoms with Crippen molar-refractivity contribution in [3.8, 4) is 11.5 Å². The lowest BCUT2D eigenvalue weighted by Crippen LogP contribution is -2.33. The predicted molar refractivity (Wildman–Crippen MR) is 82.7 cm³/mol. The first-order chi connectivity index (χ1) is 10.2. The van der Waals surface area contributed by atoms with Crippen LogP contribution >= 0.6 is 11.6 Å². The second-order valence-corrected chi connectivity index (χ2v) is 5.42. The smallest absolute Gasteiger partial charge is 0.123 e. The molecule has 0 amide bonds. The van der Waals surface area contributed by atoms with Crippen molar-refractivity contribution in [3.63, 3.8) is 0 Å². The molecule has 3 rings (SSSR count). The van der Waals surface area contributed by atoms with Crippen LogP contribution in [-0.4, -0.2) is 13.7 Å². The summed E-state index contributed by atoms with van der Waals surface area (Å²) in [6.07, 6.45) is 0. The van der Waals surface area contributed by atoms with Gasteiger partial charge in [0, 0.05) is 22.1 Å². The van der Waals surface area contributed by atoms with Crippen LogP contribution in [0.15, 0.2) is 42.5 Å². The minimum Gasteiger partial charge on any atom is -0.496 e. The van der Waals surface area contributed by atoms with E-state index < -0.39 is 0 Å². The lowest BCUT2D eigenvalue weighted by Gasteiger charge is -2.24. The van der Waals surface area contributed by atoms with E-state index in [1.807, 2.05) is 30.3 Å². The fraction of sp³-hybridized carbons (Fsp3) is 0.250. The number of nitrogens with one attached hydrogen (secondary N) is 1. The van der Waals surface area contributed by atoms with Crippen molar-refractivity contribution in [3.05, 3.63) is 58.6 Å². The average molecular weight is 305 g/mol. The van der Waals surface area contributed by atoms with Crippen molar-refractivity contribution in [2.75, 3.05) is 13.7 Å². The fourth-order valence-electron chi connectivity index (χ4n) is 2.83. The molecule has 0 fully saturated rings. The number of ether oxygens (including phenoxy) is 2. The molecule has 0 saturated heterocycles. The van der Waals surface area contributed by atoms with Crippen molar-refractivity contribution in [2.45, 2.75) is 12.0 Å². The van der Waals surface area contributed by atoms with Gasteiger partial charge >= 0.3 is 0 Å². The molecule has 1 aliphatic rings. The maximum absolute atomic E-state index is 6.13. The number of nitrogens with two attached hydrogens (primary N) is 1. The van der Waals surface area contributed by atoms with Gasteiger partial charge in [0.2, 0.25) is 0 Å². The minimum atomic E-state index is -0.137. The zero-order valence-corrected chi connectivity index (χ0v) is 12.4. The molecule has 1 aliphatic heterocycles. The molecule has 0 spiro atoms. The number of hydrogen-bond acceptors (Lipinski definition) is 4. The molecule has 21 heavy (non-hydrogen) atoms. The summed E-state index contributed by atoms with van der Waals surface area (Å²) in [4.78, 5) is 0. The van der Waals surface area contributed by atoms with Gasteiger partial charge in [0.25, 0.3) is 0 Å². The molecule has 2 atom stereocenters. The van der Waals surface area contributed by atoms with Crippen LogP contribution in [-0.2, 0) is 0 Å². The highest BCUT2D eigenvalue weighted by Crippen LogP contribution is 2.43. The first-order valence-electron chi connectivity index (χ1n) is 6.76. The van der Waals surface area contributed by atoms with Crippen molar-refractivity contribution < 1.29 is 9.47 Å². The molecule has 4 nitrogen and oxygen atoms in total. The van der Waals surface area contributed by atoms with Crippen LogP contribution in [0, 0.1) is 0 Å². The lowest BCUT2D eigenvalue weighted by atomic mass is 9.88. The van der Waals surface area contributed by atoms with Crippen LogP contribution in [0.4, 0.5) is 0 Å². The summed E-state index contributed by atoms with van der Waals surface area (Å²) in [6, 6.07) is 13.4. The second kappa shape index (κ2) is 5.93. The van der Waals surface area contributed by atoms with Gasteiger partial charge in [0.1, 0.15) is 11.5 Å². The monoisotopic (exact) mass is 304 g/mol.